The number of carbonyl (C=O) groups is 1. The summed E-state index contributed by atoms with van der Waals surface area (Å²) < 4.78 is 72.7. The van der Waals surface area contributed by atoms with Gasteiger partial charge in [0.1, 0.15) is 29.8 Å². The molecule has 0 saturated carbocycles. The van der Waals surface area contributed by atoms with E-state index in [2.05, 4.69) is 93.3 Å². The summed E-state index contributed by atoms with van der Waals surface area (Å²) in [4.78, 5) is 14.9. The predicted octanol–water partition coefficient (Wildman–Crippen LogP) is 8.93. The summed E-state index contributed by atoms with van der Waals surface area (Å²) in [7, 11) is 0.939. The first-order valence-electron chi connectivity index (χ1n) is 26.4. The molecule has 20 atom stereocenters. The molecule has 15 heteroatoms. The molecule has 7 aliphatic rings. The molecule has 0 amide bonds. The number of rotatable bonds is 11. The third-order valence-corrected chi connectivity index (χ3v) is 21.9. The molecule has 14 nitrogen and oxygen atoms in total. The van der Waals surface area contributed by atoms with Crippen LogP contribution in [0, 0.1) is 23.7 Å². The molecular weight excluding hydrogens is 923 g/mol. The van der Waals surface area contributed by atoms with Gasteiger partial charge in [0.15, 0.2) is 26.7 Å². The molecule has 0 aromatic rings. The Morgan fingerprint density at radius 1 is 0.958 bits per heavy atom. The van der Waals surface area contributed by atoms with Gasteiger partial charge in [0.2, 0.25) is 0 Å². The fourth-order valence-corrected chi connectivity index (χ4v) is 12.9. The van der Waals surface area contributed by atoms with Crippen LogP contribution in [0.4, 0.5) is 0 Å². The monoisotopic (exact) mass is 1010 g/mol. The van der Waals surface area contributed by atoms with Gasteiger partial charge in [-0.2, -0.15) is 0 Å². The van der Waals surface area contributed by atoms with Gasteiger partial charge in [0.25, 0.3) is 0 Å². The molecule has 4 fully saturated rings. The Balaban J connectivity index is 1.21. The fourth-order valence-electron chi connectivity index (χ4n) is 11.6. The SMILES string of the molecule is C=C[C@@]1(N)[C@H](C)O[C@@H](O[C@H]2[C@H](C)O[C@@H](O[C@@H]3/C(C)=C/C[C@@H]4C[C@@H](C[C@]5(C=C[C@H](C)[C@@H]([C@@H](C)CC)O5)O4)OC(=O)[C@@H]4C=C(C)[C@@H](O[Si](C)(C)C(C)(C)C)[C@H]5OC/C(=C\C=C\[C@@H]3C)[C@]54O)C[C@@H]2OC)C[C@@H]1OC. The molecule has 0 radical (unpaired) electrons. The maximum atomic E-state index is 14.9. The first-order valence-corrected chi connectivity index (χ1v) is 29.3. The first kappa shape index (κ1) is 56.4. The normalized spacial score (nSPS) is 45.9. The van der Waals surface area contributed by atoms with E-state index in [4.69, 9.17) is 57.5 Å². The van der Waals surface area contributed by atoms with Crippen molar-refractivity contribution in [2.45, 2.75) is 229 Å². The second-order valence-electron chi connectivity index (χ2n) is 23.4. The summed E-state index contributed by atoms with van der Waals surface area (Å²) in [5.41, 5.74) is 6.46. The zero-order valence-electron chi connectivity index (χ0n) is 45.5. The summed E-state index contributed by atoms with van der Waals surface area (Å²) in [6.45, 7) is 31.6. The van der Waals surface area contributed by atoms with Crippen molar-refractivity contribution in [3.63, 3.8) is 0 Å². The molecule has 6 aliphatic heterocycles. The summed E-state index contributed by atoms with van der Waals surface area (Å²) >= 11 is 0. The maximum Gasteiger partial charge on any atom is 0.316 e. The van der Waals surface area contributed by atoms with Crippen LogP contribution in [0.1, 0.15) is 115 Å². The minimum atomic E-state index is -2.38. The van der Waals surface area contributed by atoms with Gasteiger partial charge in [-0.25, -0.2) is 0 Å². The number of esters is 1. The van der Waals surface area contributed by atoms with Crippen LogP contribution in [-0.4, -0.2) is 137 Å². The molecule has 1 aliphatic carbocycles. The molecular formula is C56H89NO13Si. The molecule has 0 aromatic carbocycles. The molecule has 2 bridgehead atoms. The second-order valence-corrected chi connectivity index (χ2v) is 28.2. The Morgan fingerprint density at radius 3 is 2.34 bits per heavy atom. The van der Waals surface area contributed by atoms with Gasteiger partial charge in [0, 0.05) is 51.7 Å². The lowest BCUT2D eigenvalue weighted by molar-refractivity contribution is -0.314. The summed E-state index contributed by atoms with van der Waals surface area (Å²) in [5, 5.41) is 13.1. The molecule has 7 rings (SSSR count). The smallest absolute Gasteiger partial charge is 0.316 e. The van der Waals surface area contributed by atoms with E-state index in [9.17, 15) is 9.90 Å². The van der Waals surface area contributed by atoms with E-state index in [0.29, 0.717) is 37.7 Å². The van der Waals surface area contributed by atoms with Crippen LogP contribution in [0.25, 0.3) is 0 Å². The lowest BCUT2D eigenvalue weighted by atomic mass is 9.71. The van der Waals surface area contributed by atoms with Crippen LogP contribution >= 0.6 is 0 Å². The van der Waals surface area contributed by atoms with Crippen molar-refractivity contribution in [3.8, 4) is 0 Å². The van der Waals surface area contributed by atoms with Crippen molar-refractivity contribution in [2.75, 3.05) is 20.8 Å². The van der Waals surface area contributed by atoms with Gasteiger partial charge in [-0.1, -0.05) is 97.4 Å². The number of allylic oxidation sites excluding steroid dienone is 2. The molecule has 4 saturated heterocycles. The highest BCUT2D eigenvalue weighted by Crippen LogP contribution is 2.50. The van der Waals surface area contributed by atoms with E-state index < -0.39 is 92.4 Å². The first-order chi connectivity index (χ1) is 33.3. The van der Waals surface area contributed by atoms with Crippen LogP contribution in [0.2, 0.25) is 18.1 Å². The Morgan fingerprint density at radius 2 is 1.68 bits per heavy atom. The fraction of sp³-hybridized carbons (Fsp3) is 0.768. The van der Waals surface area contributed by atoms with Gasteiger partial charge in [-0.3, -0.25) is 4.79 Å². The topological polar surface area (TPSA) is 165 Å². The van der Waals surface area contributed by atoms with E-state index in [1.807, 2.05) is 45.1 Å². The summed E-state index contributed by atoms with van der Waals surface area (Å²) in [5.74, 6) is -2.40. The predicted molar refractivity (Wildman–Crippen MR) is 274 cm³/mol. The van der Waals surface area contributed by atoms with Crippen LogP contribution in [0.3, 0.4) is 0 Å². The van der Waals surface area contributed by atoms with Crippen LogP contribution < -0.4 is 5.73 Å². The largest absolute Gasteiger partial charge is 0.462 e. The van der Waals surface area contributed by atoms with Crippen LogP contribution in [-0.2, 0) is 56.6 Å². The number of fused-ring (bicyclic) bond motifs is 2. The average molecular weight is 1010 g/mol. The highest BCUT2D eigenvalue weighted by molar-refractivity contribution is 6.74. The van der Waals surface area contributed by atoms with Gasteiger partial charge >= 0.3 is 5.97 Å². The molecule has 400 valence electrons. The molecule has 6 heterocycles. The van der Waals surface area contributed by atoms with Crippen molar-refractivity contribution in [1.29, 1.82) is 0 Å². The minimum Gasteiger partial charge on any atom is -0.462 e. The summed E-state index contributed by atoms with van der Waals surface area (Å²) in [6.07, 6.45) is 12.7. The summed E-state index contributed by atoms with van der Waals surface area (Å²) in [6, 6.07) is 0. The number of methoxy groups -OCH3 is 2. The number of carbonyl (C=O) groups excluding carboxylic acids is 1. The lowest BCUT2D eigenvalue weighted by Gasteiger charge is -2.49. The highest BCUT2D eigenvalue weighted by atomic mass is 28.4. The minimum absolute atomic E-state index is 0.0882. The number of aliphatic hydroxyl groups is 1. The molecule has 0 aromatic heterocycles. The Kier molecular flexibility index (Phi) is 17.5. The maximum absolute atomic E-state index is 14.9. The van der Waals surface area contributed by atoms with Gasteiger partial charge in [0.05, 0.1) is 61.0 Å². The van der Waals surface area contributed by atoms with Crippen molar-refractivity contribution in [3.05, 3.63) is 71.9 Å². The average Bonchev–Trinajstić information content (AvgIpc) is 3.65. The standard InChI is InChI=1S/C56H89NO13Si/c1-17-32(3)48-35(6)24-25-54(69-48)30-41-27-40(68-54)23-22-34(5)47(66-45-28-43(60-13)50(37(8)63-45)67-46-29-44(61-14)55(57,18-2)38(9)64-46)33(4)20-19-21-39-31-62-51-49(70-71(15,16)53(10,11)12)36(7)26-42(52(58)65-41)56(39,51)59/h18-22,24-26,32-33,35,37-38,40-51,59H,2,17,23,27-31,57H2,1,3-16H3/b20-19+,34-22+,39-21+/t32-,33-,35-,37-,38-,40+,41-,42-,43-,44-,45-,46-,47-,48+,49+,50-,51+,54+,55+,56+/m0/s1. The van der Waals surface area contributed by atoms with E-state index in [1.165, 1.54) is 0 Å². The van der Waals surface area contributed by atoms with Crippen molar-refractivity contribution in [2.24, 2.45) is 29.4 Å². The van der Waals surface area contributed by atoms with E-state index >= 15 is 0 Å². The Bertz CT molecular complexity index is 2050. The van der Waals surface area contributed by atoms with Gasteiger partial charge < -0.3 is 62.6 Å². The quantitative estimate of drug-likeness (QED) is 0.115. The third kappa shape index (κ3) is 11.4. The lowest BCUT2D eigenvalue weighted by Crippen LogP contribution is -2.64. The zero-order chi connectivity index (χ0) is 52.0. The zero-order valence-corrected chi connectivity index (χ0v) is 46.5. The number of nitrogens with two attached hydrogens (primary N) is 1. The number of ether oxygens (including phenoxy) is 10. The van der Waals surface area contributed by atoms with Crippen molar-refractivity contribution < 1.29 is 61.7 Å². The van der Waals surface area contributed by atoms with E-state index in [-0.39, 0.29) is 53.8 Å². The van der Waals surface area contributed by atoms with E-state index in [0.717, 1.165) is 17.6 Å². The number of hydrogen-bond acceptors (Lipinski definition) is 14. The van der Waals surface area contributed by atoms with Crippen LogP contribution in [0.5, 0.6) is 0 Å². The highest BCUT2D eigenvalue weighted by Gasteiger charge is 2.62. The van der Waals surface area contributed by atoms with Gasteiger partial charge in [-0.05, 0) is 81.0 Å². The molecule has 1 spiro atoms. The van der Waals surface area contributed by atoms with E-state index in [1.54, 1.807) is 20.3 Å². The van der Waals surface area contributed by atoms with Crippen molar-refractivity contribution in [1.82, 2.24) is 0 Å². The van der Waals surface area contributed by atoms with Crippen molar-refractivity contribution >= 4 is 14.3 Å². The Labute approximate surface area is 426 Å². The second kappa shape index (κ2) is 22.1. The van der Waals surface area contributed by atoms with Crippen LogP contribution in [0.15, 0.2) is 71.9 Å². The Hall–Kier alpha value is -2.35. The van der Waals surface area contributed by atoms with Gasteiger partial charge in [-0.15, -0.1) is 6.58 Å². The molecule has 3 N–H and O–H groups in total. The third-order valence-electron chi connectivity index (χ3n) is 17.4. The molecule has 0 unspecified atom stereocenters. The number of hydrogen-bond donors (Lipinski definition) is 2. The molecule has 71 heavy (non-hydrogen) atoms.